The Morgan fingerprint density at radius 1 is 0.929 bits per heavy atom. The predicted octanol–water partition coefficient (Wildman–Crippen LogP) is 4.16. The monoisotopic (exact) mass is 383 g/mol. The molecule has 0 aliphatic rings. The van der Waals surface area contributed by atoms with Crippen molar-refractivity contribution in [2.24, 2.45) is 0 Å². The van der Waals surface area contributed by atoms with Crippen molar-refractivity contribution in [2.45, 2.75) is 58.8 Å². The van der Waals surface area contributed by atoms with Crippen LogP contribution in [-0.2, 0) is 16.0 Å². The minimum absolute atomic E-state index is 0.0127. The molecule has 0 radical (unpaired) electrons. The van der Waals surface area contributed by atoms with Crippen LogP contribution in [0.3, 0.4) is 0 Å². The molecule has 0 aliphatic heterocycles. The van der Waals surface area contributed by atoms with Crippen LogP contribution in [-0.4, -0.2) is 30.1 Å². The second kappa shape index (κ2) is 10.5. The Morgan fingerprint density at radius 2 is 1.57 bits per heavy atom. The van der Waals surface area contributed by atoms with Crippen LogP contribution in [0.4, 0.5) is 0 Å². The molecule has 2 aromatic carbocycles. The number of esters is 1. The number of hydrogen-bond donors (Lipinski definition) is 1. The van der Waals surface area contributed by atoms with Crippen LogP contribution in [0.1, 0.15) is 50.0 Å². The lowest BCUT2D eigenvalue weighted by molar-refractivity contribution is -0.129. The minimum Gasteiger partial charge on any atom is -0.491 e. The van der Waals surface area contributed by atoms with Crippen LogP contribution in [0.2, 0.25) is 0 Å². The van der Waals surface area contributed by atoms with Gasteiger partial charge in [-0.1, -0.05) is 30.3 Å². The molecular weight excluding hydrogens is 354 g/mol. The molecule has 2 atom stereocenters. The first kappa shape index (κ1) is 21.5. The van der Waals surface area contributed by atoms with Gasteiger partial charge in [0.05, 0.1) is 11.7 Å². The van der Waals surface area contributed by atoms with Crippen LogP contribution in [0.5, 0.6) is 5.75 Å². The van der Waals surface area contributed by atoms with Gasteiger partial charge in [-0.15, -0.1) is 0 Å². The molecule has 0 bridgehead atoms. The first-order chi connectivity index (χ1) is 13.3. The first-order valence-corrected chi connectivity index (χ1v) is 9.67. The first-order valence-electron chi connectivity index (χ1n) is 9.67. The summed E-state index contributed by atoms with van der Waals surface area (Å²) in [5.74, 6) is -0.144. The van der Waals surface area contributed by atoms with Gasteiger partial charge in [0, 0.05) is 6.04 Å². The van der Waals surface area contributed by atoms with Crippen molar-refractivity contribution in [3.63, 3.8) is 0 Å². The number of amides is 1. The number of hydrogen-bond acceptors (Lipinski definition) is 4. The zero-order valence-corrected chi connectivity index (χ0v) is 17.0. The van der Waals surface area contributed by atoms with Crippen LogP contribution in [0.25, 0.3) is 0 Å². The van der Waals surface area contributed by atoms with Gasteiger partial charge in [-0.05, 0) is 70.4 Å². The van der Waals surface area contributed by atoms with E-state index in [0.717, 1.165) is 12.8 Å². The highest BCUT2D eigenvalue weighted by Gasteiger charge is 2.20. The number of benzene rings is 2. The molecule has 0 aromatic heterocycles. The molecule has 0 saturated heterocycles. The third-order valence-corrected chi connectivity index (χ3v) is 4.21. The van der Waals surface area contributed by atoms with Gasteiger partial charge in [0.15, 0.2) is 6.10 Å². The molecule has 0 saturated carbocycles. The van der Waals surface area contributed by atoms with Gasteiger partial charge in [-0.25, -0.2) is 4.79 Å². The molecule has 28 heavy (non-hydrogen) atoms. The fourth-order valence-corrected chi connectivity index (χ4v) is 2.68. The van der Waals surface area contributed by atoms with Gasteiger partial charge >= 0.3 is 5.97 Å². The Morgan fingerprint density at radius 3 is 2.18 bits per heavy atom. The minimum atomic E-state index is -0.863. The number of carbonyl (C=O) groups excluding carboxylic acids is 2. The Bertz CT molecular complexity index is 756. The number of ether oxygens (including phenoxy) is 2. The van der Waals surface area contributed by atoms with Crippen molar-refractivity contribution in [3.05, 3.63) is 65.7 Å². The molecule has 5 heteroatoms. The van der Waals surface area contributed by atoms with Gasteiger partial charge < -0.3 is 14.8 Å². The zero-order valence-electron chi connectivity index (χ0n) is 17.0. The van der Waals surface area contributed by atoms with E-state index in [-0.39, 0.29) is 18.1 Å². The average molecular weight is 383 g/mol. The lowest BCUT2D eigenvalue weighted by Gasteiger charge is -2.18. The molecule has 1 N–H and O–H groups in total. The maximum absolute atomic E-state index is 12.3. The summed E-state index contributed by atoms with van der Waals surface area (Å²) in [6, 6.07) is 16.8. The van der Waals surface area contributed by atoms with E-state index in [0.29, 0.717) is 11.3 Å². The maximum Gasteiger partial charge on any atom is 0.338 e. The summed E-state index contributed by atoms with van der Waals surface area (Å²) in [5.41, 5.74) is 1.61. The normalized spacial score (nSPS) is 12.9. The van der Waals surface area contributed by atoms with Gasteiger partial charge in [-0.3, -0.25) is 4.79 Å². The van der Waals surface area contributed by atoms with Gasteiger partial charge in [0.25, 0.3) is 5.91 Å². The molecule has 0 aliphatic carbocycles. The van der Waals surface area contributed by atoms with E-state index in [2.05, 4.69) is 17.4 Å². The van der Waals surface area contributed by atoms with E-state index in [1.807, 2.05) is 39.0 Å². The molecular formula is C23H29NO4. The summed E-state index contributed by atoms with van der Waals surface area (Å²) >= 11 is 0. The molecule has 0 heterocycles. The topological polar surface area (TPSA) is 64.6 Å². The van der Waals surface area contributed by atoms with E-state index in [1.54, 1.807) is 31.2 Å². The summed E-state index contributed by atoms with van der Waals surface area (Å²) in [5, 5.41) is 2.90. The standard InChI is InChI=1S/C23H29NO4/c1-16(2)27-21-14-12-20(13-15-21)23(26)28-18(4)22(25)24-17(3)10-11-19-8-6-5-7-9-19/h5-9,12-18H,10-11H2,1-4H3,(H,24,25)/t17-,18-/m1/s1. The van der Waals surface area contributed by atoms with Crippen LogP contribution in [0, 0.1) is 0 Å². The third-order valence-electron chi connectivity index (χ3n) is 4.21. The van der Waals surface area contributed by atoms with Crippen molar-refractivity contribution in [1.29, 1.82) is 0 Å². The van der Waals surface area contributed by atoms with E-state index < -0.39 is 12.1 Å². The van der Waals surface area contributed by atoms with Gasteiger partial charge in [-0.2, -0.15) is 0 Å². The highest BCUT2D eigenvalue weighted by molar-refractivity contribution is 5.92. The Kier molecular flexibility index (Phi) is 8.05. The van der Waals surface area contributed by atoms with E-state index in [1.165, 1.54) is 5.56 Å². The molecule has 2 rings (SSSR count). The number of aryl methyl sites for hydroxylation is 1. The lowest BCUT2D eigenvalue weighted by Crippen LogP contribution is -2.41. The summed E-state index contributed by atoms with van der Waals surface area (Å²) in [7, 11) is 0. The molecule has 150 valence electrons. The molecule has 0 spiro atoms. The summed E-state index contributed by atoms with van der Waals surface area (Å²) in [6.07, 6.45) is 0.887. The second-order valence-corrected chi connectivity index (χ2v) is 7.17. The van der Waals surface area contributed by atoms with Gasteiger partial charge in [0.1, 0.15) is 5.75 Å². The SMILES string of the molecule is CC(C)Oc1ccc(C(=O)O[C@H](C)C(=O)N[C@H](C)CCc2ccccc2)cc1. The van der Waals surface area contributed by atoms with Crippen LogP contribution >= 0.6 is 0 Å². The predicted molar refractivity (Wildman–Crippen MR) is 109 cm³/mol. The lowest BCUT2D eigenvalue weighted by atomic mass is 10.1. The van der Waals surface area contributed by atoms with Crippen LogP contribution in [0.15, 0.2) is 54.6 Å². The van der Waals surface area contributed by atoms with E-state index in [9.17, 15) is 9.59 Å². The second-order valence-electron chi connectivity index (χ2n) is 7.17. The largest absolute Gasteiger partial charge is 0.491 e. The summed E-state index contributed by atoms with van der Waals surface area (Å²) in [6.45, 7) is 7.39. The molecule has 1 amide bonds. The number of nitrogens with one attached hydrogen (secondary N) is 1. The highest BCUT2D eigenvalue weighted by atomic mass is 16.5. The quantitative estimate of drug-likeness (QED) is 0.661. The van der Waals surface area contributed by atoms with Crippen molar-refractivity contribution < 1.29 is 19.1 Å². The van der Waals surface area contributed by atoms with Crippen molar-refractivity contribution in [1.82, 2.24) is 5.32 Å². The van der Waals surface area contributed by atoms with E-state index >= 15 is 0 Å². The molecule has 0 fully saturated rings. The average Bonchev–Trinajstić information content (AvgIpc) is 2.67. The third kappa shape index (κ3) is 7.06. The smallest absolute Gasteiger partial charge is 0.338 e. The highest BCUT2D eigenvalue weighted by Crippen LogP contribution is 2.15. The van der Waals surface area contributed by atoms with Gasteiger partial charge in [0.2, 0.25) is 0 Å². The fraction of sp³-hybridized carbons (Fsp3) is 0.391. The molecule has 5 nitrogen and oxygen atoms in total. The Labute approximate surface area is 167 Å². The zero-order chi connectivity index (χ0) is 20.5. The number of rotatable bonds is 9. The maximum atomic E-state index is 12.3. The fourth-order valence-electron chi connectivity index (χ4n) is 2.68. The Balaban J connectivity index is 1.79. The summed E-state index contributed by atoms with van der Waals surface area (Å²) in [4.78, 5) is 24.5. The molecule has 0 unspecified atom stereocenters. The van der Waals surface area contributed by atoms with E-state index in [4.69, 9.17) is 9.47 Å². The number of carbonyl (C=O) groups is 2. The molecule has 2 aromatic rings. The summed E-state index contributed by atoms with van der Waals surface area (Å²) < 4.78 is 10.8. The van der Waals surface area contributed by atoms with Crippen molar-refractivity contribution in [2.75, 3.05) is 0 Å². The van der Waals surface area contributed by atoms with Crippen LogP contribution < -0.4 is 10.1 Å². The van der Waals surface area contributed by atoms with Crippen molar-refractivity contribution >= 4 is 11.9 Å². The Hall–Kier alpha value is -2.82. The van der Waals surface area contributed by atoms with Crippen molar-refractivity contribution in [3.8, 4) is 5.75 Å².